The van der Waals surface area contributed by atoms with Crippen LogP contribution in [0.15, 0.2) is 24.3 Å². The monoisotopic (exact) mass is 246 g/mol. The predicted molar refractivity (Wildman–Crippen MR) is 70.2 cm³/mol. The second kappa shape index (κ2) is 6.65. The Hall–Kier alpha value is -2.02. The molecule has 18 heavy (non-hydrogen) atoms. The van der Waals surface area contributed by atoms with Crippen molar-refractivity contribution >= 4 is 11.7 Å². The highest BCUT2D eigenvalue weighted by atomic mass is 16.5. The van der Waals surface area contributed by atoms with Crippen LogP contribution in [0.25, 0.3) is 0 Å². The molecule has 0 saturated heterocycles. The molecule has 0 aromatic heterocycles. The van der Waals surface area contributed by atoms with Crippen LogP contribution in [0, 0.1) is 18.3 Å². The molecule has 1 aromatic rings. The number of carbonyl (C=O) groups excluding carboxylic acids is 1. The van der Waals surface area contributed by atoms with E-state index < -0.39 is 6.04 Å². The molecule has 0 N–H and O–H groups in total. The second-order valence-electron chi connectivity index (χ2n) is 4.07. The van der Waals surface area contributed by atoms with Gasteiger partial charge in [-0.15, -0.1) is 0 Å². The fourth-order valence-corrected chi connectivity index (χ4v) is 1.84. The van der Waals surface area contributed by atoms with E-state index in [-0.39, 0.29) is 12.6 Å². The van der Waals surface area contributed by atoms with Crippen LogP contribution in [0.3, 0.4) is 0 Å². The number of hydrogen-bond acceptors (Lipinski definition) is 4. The Morgan fingerprint density at radius 2 is 2.28 bits per heavy atom. The fourth-order valence-electron chi connectivity index (χ4n) is 1.84. The number of ether oxygens (including phenoxy) is 1. The Morgan fingerprint density at radius 3 is 2.83 bits per heavy atom. The van der Waals surface area contributed by atoms with Crippen molar-refractivity contribution in [3.05, 3.63) is 29.8 Å². The third-order valence-electron chi connectivity index (χ3n) is 2.76. The zero-order valence-corrected chi connectivity index (χ0v) is 11.0. The third-order valence-corrected chi connectivity index (χ3v) is 2.76. The van der Waals surface area contributed by atoms with Crippen LogP contribution < -0.4 is 4.90 Å². The standard InChI is InChI=1S/C14H18N2O2/c1-4-16(12(3)14(17)18-9-8-15)13-7-5-6-11(2)10-13/h5-7,10,12H,4,9H2,1-3H3. The summed E-state index contributed by atoms with van der Waals surface area (Å²) in [6.45, 7) is 6.28. The highest BCUT2D eigenvalue weighted by molar-refractivity contribution is 5.79. The molecule has 4 heteroatoms. The van der Waals surface area contributed by atoms with Crippen molar-refractivity contribution in [3.8, 4) is 6.07 Å². The minimum absolute atomic E-state index is 0.200. The number of benzene rings is 1. The van der Waals surface area contributed by atoms with Gasteiger partial charge in [-0.1, -0.05) is 12.1 Å². The van der Waals surface area contributed by atoms with Crippen molar-refractivity contribution < 1.29 is 9.53 Å². The molecule has 0 aliphatic carbocycles. The summed E-state index contributed by atoms with van der Waals surface area (Å²) in [7, 11) is 0. The van der Waals surface area contributed by atoms with Gasteiger partial charge in [-0.2, -0.15) is 5.26 Å². The molecule has 0 radical (unpaired) electrons. The first kappa shape index (κ1) is 14.0. The number of hydrogen-bond donors (Lipinski definition) is 0. The predicted octanol–water partition coefficient (Wildman–Crippen LogP) is 2.28. The van der Waals surface area contributed by atoms with Gasteiger partial charge in [0.15, 0.2) is 6.61 Å². The molecule has 1 aromatic carbocycles. The van der Waals surface area contributed by atoms with Crippen LogP contribution in [0.2, 0.25) is 0 Å². The molecule has 4 nitrogen and oxygen atoms in total. The van der Waals surface area contributed by atoms with Crippen LogP contribution >= 0.6 is 0 Å². The first-order chi connectivity index (χ1) is 8.60. The van der Waals surface area contributed by atoms with Gasteiger partial charge < -0.3 is 9.64 Å². The van der Waals surface area contributed by atoms with E-state index in [4.69, 9.17) is 10.00 Å². The van der Waals surface area contributed by atoms with Crippen molar-refractivity contribution in [2.75, 3.05) is 18.1 Å². The zero-order valence-electron chi connectivity index (χ0n) is 11.0. The maximum Gasteiger partial charge on any atom is 0.329 e. The maximum atomic E-state index is 11.7. The number of nitriles is 1. The van der Waals surface area contributed by atoms with Crippen molar-refractivity contribution in [1.82, 2.24) is 0 Å². The summed E-state index contributed by atoms with van der Waals surface area (Å²) < 4.78 is 4.85. The minimum Gasteiger partial charge on any atom is -0.449 e. The summed E-state index contributed by atoms with van der Waals surface area (Å²) in [4.78, 5) is 13.7. The highest BCUT2D eigenvalue weighted by Gasteiger charge is 2.21. The molecule has 0 fully saturated rings. The largest absolute Gasteiger partial charge is 0.449 e. The lowest BCUT2D eigenvalue weighted by atomic mass is 10.1. The molecule has 0 amide bonds. The number of nitrogens with zero attached hydrogens (tertiary/aromatic N) is 2. The summed E-state index contributed by atoms with van der Waals surface area (Å²) in [6, 6.07) is 9.36. The van der Waals surface area contributed by atoms with E-state index in [2.05, 4.69) is 0 Å². The van der Waals surface area contributed by atoms with Gasteiger partial charge in [-0.3, -0.25) is 0 Å². The summed E-state index contributed by atoms with van der Waals surface area (Å²) in [6.07, 6.45) is 0. The van der Waals surface area contributed by atoms with Gasteiger partial charge in [0.1, 0.15) is 12.1 Å². The Morgan fingerprint density at radius 1 is 1.56 bits per heavy atom. The Kier molecular flexibility index (Phi) is 5.19. The van der Waals surface area contributed by atoms with Crippen LogP contribution in [0.4, 0.5) is 5.69 Å². The molecule has 0 saturated carbocycles. The lowest BCUT2D eigenvalue weighted by Crippen LogP contribution is -2.40. The first-order valence-corrected chi connectivity index (χ1v) is 5.97. The summed E-state index contributed by atoms with van der Waals surface area (Å²) in [5.41, 5.74) is 2.13. The van der Waals surface area contributed by atoms with Gasteiger partial charge in [-0.25, -0.2) is 4.79 Å². The van der Waals surface area contributed by atoms with E-state index in [1.54, 1.807) is 13.0 Å². The fraction of sp³-hybridized carbons (Fsp3) is 0.429. The van der Waals surface area contributed by atoms with E-state index in [1.165, 1.54) is 0 Å². The van der Waals surface area contributed by atoms with E-state index in [9.17, 15) is 4.79 Å². The van der Waals surface area contributed by atoms with Crippen LogP contribution in [0.5, 0.6) is 0 Å². The molecule has 1 atom stereocenters. The molecule has 0 aliphatic rings. The maximum absolute atomic E-state index is 11.7. The normalized spacial score (nSPS) is 11.4. The van der Waals surface area contributed by atoms with Gasteiger partial charge in [0.05, 0.1) is 0 Å². The number of esters is 1. The van der Waals surface area contributed by atoms with Crippen molar-refractivity contribution in [3.63, 3.8) is 0 Å². The Balaban J connectivity index is 2.83. The molecule has 1 unspecified atom stereocenters. The third kappa shape index (κ3) is 3.49. The van der Waals surface area contributed by atoms with Crippen LogP contribution in [0.1, 0.15) is 19.4 Å². The lowest BCUT2D eigenvalue weighted by Gasteiger charge is -2.28. The summed E-state index contributed by atoms with van der Waals surface area (Å²) >= 11 is 0. The van der Waals surface area contributed by atoms with Gasteiger partial charge >= 0.3 is 5.97 Å². The topological polar surface area (TPSA) is 53.3 Å². The van der Waals surface area contributed by atoms with E-state index in [1.807, 2.05) is 43.0 Å². The van der Waals surface area contributed by atoms with E-state index in [0.717, 1.165) is 11.3 Å². The second-order valence-corrected chi connectivity index (χ2v) is 4.07. The van der Waals surface area contributed by atoms with Gasteiger partial charge in [0.2, 0.25) is 0 Å². The number of likely N-dealkylation sites (N-methyl/N-ethyl adjacent to an activating group) is 1. The molecule has 1 rings (SSSR count). The van der Waals surface area contributed by atoms with Crippen molar-refractivity contribution in [2.45, 2.75) is 26.8 Å². The summed E-state index contributed by atoms with van der Waals surface area (Å²) in [5, 5.41) is 8.41. The number of rotatable bonds is 5. The average molecular weight is 246 g/mol. The van der Waals surface area contributed by atoms with Gasteiger partial charge in [0.25, 0.3) is 0 Å². The van der Waals surface area contributed by atoms with E-state index >= 15 is 0 Å². The Bertz CT molecular complexity index is 451. The van der Waals surface area contributed by atoms with Gasteiger partial charge in [-0.05, 0) is 38.5 Å². The molecule has 0 aliphatic heterocycles. The van der Waals surface area contributed by atoms with Gasteiger partial charge in [0, 0.05) is 12.2 Å². The number of carbonyl (C=O) groups is 1. The molecule has 0 heterocycles. The van der Waals surface area contributed by atoms with Crippen LogP contribution in [-0.4, -0.2) is 25.2 Å². The quantitative estimate of drug-likeness (QED) is 0.748. The molecule has 96 valence electrons. The summed E-state index contributed by atoms with van der Waals surface area (Å²) in [5.74, 6) is -0.375. The van der Waals surface area contributed by atoms with E-state index in [0.29, 0.717) is 6.54 Å². The molecule has 0 bridgehead atoms. The first-order valence-electron chi connectivity index (χ1n) is 5.97. The van der Waals surface area contributed by atoms with Crippen molar-refractivity contribution in [1.29, 1.82) is 5.26 Å². The highest BCUT2D eigenvalue weighted by Crippen LogP contribution is 2.18. The molecular formula is C14H18N2O2. The average Bonchev–Trinajstić information content (AvgIpc) is 2.36. The number of anilines is 1. The zero-order chi connectivity index (χ0) is 13.5. The SMILES string of the molecule is CCN(c1cccc(C)c1)C(C)C(=O)OCC#N. The molecule has 0 spiro atoms. The minimum atomic E-state index is -0.398. The molecular weight excluding hydrogens is 228 g/mol. The Labute approximate surface area is 108 Å². The number of aryl methyl sites for hydroxylation is 1. The lowest BCUT2D eigenvalue weighted by molar-refractivity contribution is -0.143. The van der Waals surface area contributed by atoms with Crippen LogP contribution in [-0.2, 0) is 9.53 Å². The van der Waals surface area contributed by atoms with Crippen molar-refractivity contribution in [2.24, 2.45) is 0 Å². The smallest absolute Gasteiger partial charge is 0.329 e.